The van der Waals surface area contributed by atoms with E-state index < -0.39 is 27.7 Å². The molecular formula is C21H22Cl2N2O4S. The van der Waals surface area contributed by atoms with Crippen molar-refractivity contribution in [3.63, 3.8) is 0 Å². The Morgan fingerprint density at radius 1 is 1.07 bits per heavy atom. The van der Waals surface area contributed by atoms with Crippen LogP contribution in [-0.2, 0) is 27.5 Å². The lowest BCUT2D eigenvalue weighted by atomic mass is 10.1. The molecule has 2 aromatic carbocycles. The van der Waals surface area contributed by atoms with Crippen LogP contribution in [0.5, 0.6) is 0 Å². The van der Waals surface area contributed by atoms with Crippen LogP contribution in [0.4, 0.5) is 5.69 Å². The first-order valence-electron chi connectivity index (χ1n) is 9.49. The molecule has 2 aromatic rings. The quantitative estimate of drug-likeness (QED) is 0.648. The van der Waals surface area contributed by atoms with Gasteiger partial charge in [-0.15, -0.1) is 0 Å². The number of halogens is 2. The number of sulfone groups is 1. The van der Waals surface area contributed by atoms with Gasteiger partial charge in [0.15, 0.2) is 0 Å². The molecule has 160 valence electrons. The van der Waals surface area contributed by atoms with Crippen molar-refractivity contribution in [2.45, 2.75) is 31.7 Å². The van der Waals surface area contributed by atoms with E-state index in [4.69, 9.17) is 23.2 Å². The van der Waals surface area contributed by atoms with Crippen LogP contribution in [0, 0.1) is 0 Å². The molecule has 0 aliphatic heterocycles. The average molecular weight is 469 g/mol. The Bertz CT molecular complexity index is 1090. The molecule has 1 aliphatic carbocycles. The number of carbonyl (C=O) groups is 2. The lowest BCUT2D eigenvalue weighted by Crippen LogP contribution is -2.44. The van der Waals surface area contributed by atoms with Gasteiger partial charge in [-0.3, -0.25) is 9.59 Å². The number of fused-ring (bicyclic) bond motifs is 1. The lowest BCUT2D eigenvalue weighted by molar-refractivity contribution is -0.118. The number of aryl methyl sites for hydroxylation is 2. The van der Waals surface area contributed by atoms with Crippen LogP contribution in [0.1, 0.15) is 34.3 Å². The first-order chi connectivity index (χ1) is 14.1. The molecule has 0 heterocycles. The van der Waals surface area contributed by atoms with Gasteiger partial charge in [0.2, 0.25) is 5.91 Å². The first-order valence-corrected chi connectivity index (χ1v) is 12.3. The largest absolute Gasteiger partial charge is 0.340 e. The van der Waals surface area contributed by atoms with Gasteiger partial charge in [-0.25, -0.2) is 8.42 Å². The third kappa shape index (κ3) is 5.97. The van der Waals surface area contributed by atoms with E-state index in [1.54, 1.807) is 0 Å². The highest BCUT2D eigenvalue weighted by Gasteiger charge is 2.24. The van der Waals surface area contributed by atoms with Crippen LogP contribution < -0.4 is 10.6 Å². The van der Waals surface area contributed by atoms with Gasteiger partial charge in [-0.05, 0) is 67.1 Å². The summed E-state index contributed by atoms with van der Waals surface area (Å²) in [6.45, 7) is 0. The molecule has 0 bridgehead atoms. The number of carbonyl (C=O) groups excluding carboxylic acids is 2. The minimum Gasteiger partial charge on any atom is -0.340 e. The molecule has 3 rings (SSSR count). The first kappa shape index (κ1) is 22.6. The zero-order valence-electron chi connectivity index (χ0n) is 16.4. The zero-order chi connectivity index (χ0) is 21.9. The van der Waals surface area contributed by atoms with Crippen LogP contribution in [0.2, 0.25) is 10.0 Å². The minimum atomic E-state index is -3.32. The molecule has 2 N–H and O–H groups in total. The maximum Gasteiger partial charge on any atom is 0.253 e. The number of benzene rings is 2. The molecule has 0 saturated carbocycles. The average Bonchev–Trinajstić information content (AvgIpc) is 3.11. The fourth-order valence-electron chi connectivity index (χ4n) is 3.39. The Hall–Kier alpha value is -2.09. The zero-order valence-corrected chi connectivity index (χ0v) is 18.7. The van der Waals surface area contributed by atoms with Crippen molar-refractivity contribution in [3.05, 3.63) is 63.1 Å². The SMILES string of the molecule is CS(=O)(=O)CCC(NC(=O)c1ccc(Cl)cc1Cl)C(=O)Nc1ccc2c(c1)CCC2. The van der Waals surface area contributed by atoms with Gasteiger partial charge in [0.1, 0.15) is 15.9 Å². The van der Waals surface area contributed by atoms with Gasteiger partial charge < -0.3 is 10.6 Å². The number of hydrogen-bond acceptors (Lipinski definition) is 4. The third-order valence-corrected chi connectivity index (χ3v) is 6.47. The van der Waals surface area contributed by atoms with E-state index in [-0.39, 0.29) is 22.8 Å². The fraction of sp³-hybridized carbons (Fsp3) is 0.333. The number of hydrogen-bond donors (Lipinski definition) is 2. The normalized spacial score (nSPS) is 14.1. The Balaban J connectivity index is 1.76. The van der Waals surface area contributed by atoms with Crippen molar-refractivity contribution in [2.24, 2.45) is 0 Å². The maximum absolute atomic E-state index is 12.9. The van der Waals surface area contributed by atoms with Crippen molar-refractivity contribution in [2.75, 3.05) is 17.3 Å². The van der Waals surface area contributed by atoms with Crippen LogP contribution in [0.25, 0.3) is 0 Å². The van der Waals surface area contributed by atoms with Crippen molar-refractivity contribution in [1.29, 1.82) is 0 Å². The summed E-state index contributed by atoms with van der Waals surface area (Å²) in [5.41, 5.74) is 3.23. The van der Waals surface area contributed by atoms with Gasteiger partial charge in [0, 0.05) is 17.0 Å². The molecule has 1 atom stereocenters. The molecule has 0 fully saturated rings. The van der Waals surface area contributed by atoms with Gasteiger partial charge in [-0.2, -0.15) is 0 Å². The number of nitrogens with one attached hydrogen (secondary N) is 2. The van der Waals surface area contributed by atoms with E-state index in [2.05, 4.69) is 10.6 Å². The molecule has 30 heavy (non-hydrogen) atoms. The van der Waals surface area contributed by atoms with E-state index in [1.165, 1.54) is 29.3 Å². The van der Waals surface area contributed by atoms with E-state index in [1.807, 2.05) is 18.2 Å². The van der Waals surface area contributed by atoms with E-state index in [9.17, 15) is 18.0 Å². The van der Waals surface area contributed by atoms with Crippen molar-refractivity contribution < 1.29 is 18.0 Å². The molecule has 0 spiro atoms. The van der Waals surface area contributed by atoms with Crippen LogP contribution >= 0.6 is 23.2 Å². The Morgan fingerprint density at radius 2 is 1.80 bits per heavy atom. The van der Waals surface area contributed by atoms with Crippen LogP contribution in [-0.4, -0.2) is 38.3 Å². The standard InChI is InChI=1S/C21H22Cl2N2O4S/c1-30(28,29)10-9-19(25-20(26)17-8-6-15(22)12-18(17)23)21(27)24-16-7-5-13-3-2-4-14(13)11-16/h5-8,11-12,19H,2-4,9-10H2,1H3,(H,24,27)(H,25,26). The summed E-state index contributed by atoms with van der Waals surface area (Å²) < 4.78 is 23.2. The predicted octanol–water partition coefficient (Wildman–Crippen LogP) is 3.65. The monoisotopic (exact) mass is 468 g/mol. The fourth-order valence-corrected chi connectivity index (χ4v) is 4.55. The van der Waals surface area contributed by atoms with Crippen LogP contribution in [0.3, 0.4) is 0 Å². The topological polar surface area (TPSA) is 92.3 Å². The number of rotatable bonds is 7. The Morgan fingerprint density at radius 3 is 2.50 bits per heavy atom. The lowest BCUT2D eigenvalue weighted by Gasteiger charge is -2.19. The summed E-state index contributed by atoms with van der Waals surface area (Å²) in [5.74, 6) is -1.32. The summed E-state index contributed by atoms with van der Waals surface area (Å²) in [7, 11) is -3.32. The minimum absolute atomic E-state index is 0.0629. The van der Waals surface area contributed by atoms with Crippen LogP contribution in [0.15, 0.2) is 36.4 Å². The highest BCUT2D eigenvalue weighted by molar-refractivity contribution is 7.90. The summed E-state index contributed by atoms with van der Waals surface area (Å²) in [6, 6.07) is 9.06. The summed E-state index contributed by atoms with van der Waals surface area (Å²) in [5, 5.41) is 5.90. The number of amides is 2. The van der Waals surface area contributed by atoms with Gasteiger partial charge >= 0.3 is 0 Å². The Labute approximate surface area is 185 Å². The molecule has 1 aliphatic rings. The molecule has 0 saturated heterocycles. The molecule has 1 unspecified atom stereocenters. The van der Waals surface area contributed by atoms with E-state index in [0.717, 1.165) is 25.5 Å². The number of anilines is 1. The predicted molar refractivity (Wildman–Crippen MR) is 119 cm³/mol. The van der Waals surface area contributed by atoms with E-state index in [0.29, 0.717) is 10.7 Å². The smallest absolute Gasteiger partial charge is 0.253 e. The second kappa shape index (κ2) is 9.37. The summed E-state index contributed by atoms with van der Waals surface area (Å²) >= 11 is 11.9. The van der Waals surface area contributed by atoms with Gasteiger partial charge in [-0.1, -0.05) is 29.3 Å². The molecule has 0 radical (unpaired) electrons. The molecule has 6 nitrogen and oxygen atoms in total. The highest BCUT2D eigenvalue weighted by atomic mass is 35.5. The van der Waals surface area contributed by atoms with Gasteiger partial charge in [0.25, 0.3) is 5.91 Å². The highest BCUT2D eigenvalue weighted by Crippen LogP contribution is 2.25. The van der Waals surface area contributed by atoms with E-state index >= 15 is 0 Å². The third-order valence-electron chi connectivity index (χ3n) is 4.94. The molecule has 9 heteroatoms. The van der Waals surface area contributed by atoms with Gasteiger partial charge in [0.05, 0.1) is 16.3 Å². The molecule has 2 amide bonds. The van der Waals surface area contributed by atoms with Crippen molar-refractivity contribution >= 4 is 50.5 Å². The Kier molecular flexibility index (Phi) is 7.06. The molecule has 0 aromatic heterocycles. The summed E-state index contributed by atoms with van der Waals surface area (Å²) in [6.07, 6.45) is 4.09. The van der Waals surface area contributed by atoms with Crippen molar-refractivity contribution in [1.82, 2.24) is 5.32 Å². The summed E-state index contributed by atoms with van der Waals surface area (Å²) in [4.78, 5) is 25.5. The van der Waals surface area contributed by atoms with Crippen molar-refractivity contribution in [3.8, 4) is 0 Å². The second-order valence-electron chi connectivity index (χ2n) is 7.40. The molecular weight excluding hydrogens is 447 g/mol. The maximum atomic E-state index is 12.9. The second-order valence-corrected chi connectivity index (χ2v) is 10.5.